The highest BCUT2D eigenvalue weighted by molar-refractivity contribution is 7.89. The fourth-order valence-corrected chi connectivity index (χ4v) is 2.82. The average Bonchev–Trinajstić information content (AvgIpc) is 2.44. The molecular formula is C8H15N5O3S. The van der Waals surface area contributed by atoms with Gasteiger partial charge >= 0.3 is 0 Å². The molecule has 0 unspecified atom stereocenters. The fourth-order valence-electron chi connectivity index (χ4n) is 1.20. The van der Waals surface area contributed by atoms with Crippen LogP contribution >= 0.6 is 0 Å². The molecule has 0 atom stereocenters. The number of imidazole rings is 1. The number of aromatic nitrogens is 2. The van der Waals surface area contributed by atoms with Crippen LogP contribution in [0.5, 0.6) is 0 Å². The second-order valence-corrected chi connectivity index (χ2v) is 5.74. The van der Waals surface area contributed by atoms with Crippen molar-refractivity contribution >= 4 is 21.7 Å². The molecule has 1 amide bonds. The minimum atomic E-state index is -3.96. The first kappa shape index (κ1) is 13.5. The van der Waals surface area contributed by atoms with E-state index in [0.29, 0.717) is 0 Å². The lowest BCUT2D eigenvalue weighted by Gasteiger charge is -2.22. The van der Waals surface area contributed by atoms with Crippen LogP contribution in [0.15, 0.2) is 11.4 Å². The number of anilines is 1. The highest BCUT2D eigenvalue weighted by Crippen LogP contribution is 2.17. The Morgan fingerprint density at radius 2 is 2.06 bits per heavy atom. The zero-order valence-electron chi connectivity index (χ0n) is 9.76. The maximum Gasteiger partial charge on any atom is 0.260 e. The largest absolute Gasteiger partial charge is 0.381 e. The molecule has 96 valence electrons. The summed E-state index contributed by atoms with van der Waals surface area (Å²) in [4.78, 5) is 14.7. The first-order valence-corrected chi connectivity index (χ1v) is 6.17. The van der Waals surface area contributed by atoms with Gasteiger partial charge in [0.05, 0.1) is 6.33 Å². The van der Waals surface area contributed by atoms with Crippen molar-refractivity contribution in [1.82, 2.24) is 14.3 Å². The molecule has 8 nitrogen and oxygen atoms in total. The number of nitrogens with one attached hydrogen (secondary N) is 1. The van der Waals surface area contributed by atoms with E-state index >= 15 is 0 Å². The van der Waals surface area contributed by atoms with E-state index in [2.05, 4.69) is 9.71 Å². The summed E-state index contributed by atoms with van der Waals surface area (Å²) >= 11 is 0. The smallest absolute Gasteiger partial charge is 0.260 e. The maximum atomic E-state index is 12.0. The molecular weight excluding hydrogens is 246 g/mol. The molecule has 1 heterocycles. The summed E-state index contributed by atoms with van der Waals surface area (Å²) < 4.78 is 27.4. The number of primary amides is 1. The van der Waals surface area contributed by atoms with E-state index in [1.165, 1.54) is 31.8 Å². The summed E-state index contributed by atoms with van der Waals surface area (Å²) in [6, 6.07) is 0. The van der Waals surface area contributed by atoms with Gasteiger partial charge in [0.15, 0.2) is 10.8 Å². The van der Waals surface area contributed by atoms with Gasteiger partial charge in [0.1, 0.15) is 5.54 Å². The van der Waals surface area contributed by atoms with E-state index in [0.717, 1.165) is 0 Å². The zero-order chi connectivity index (χ0) is 13.4. The molecule has 0 spiro atoms. The first-order chi connectivity index (χ1) is 7.58. The Balaban J connectivity index is 3.19. The van der Waals surface area contributed by atoms with Gasteiger partial charge in [0.25, 0.3) is 10.0 Å². The minimum Gasteiger partial charge on any atom is -0.381 e. The van der Waals surface area contributed by atoms with Crippen molar-refractivity contribution in [2.24, 2.45) is 12.8 Å². The Morgan fingerprint density at radius 1 is 1.53 bits per heavy atom. The number of aryl methyl sites for hydroxylation is 1. The Hall–Kier alpha value is -1.61. The third kappa shape index (κ3) is 2.56. The van der Waals surface area contributed by atoms with Crippen LogP contribution < -0.4 is 16.2 Å². The molecule has 0 aliphatic rings. The van der Waals surface area contributed by atoms with Crippen molar-refractivity contribution in [2.45, 2.75) is 24.4 Å². The molecule has 0 saturated heterocycles. The number of nitrogen functional groups attached to an aromatic ring is 1. The van der Waals surface area contributed by atoms with E-state index in [1.807, 2.05) is 0 Å². The van der Waals surface area contributed by atoms with Crippen molar-refractivity contribution in [2.75, 3.05) is 5.73 Å². The lowest BCUT2D eigenvalue weighted by molar-refractivity contribution is -0.122. The quantitative estimate of drug-likeness (QED) is 0.609. The van der Waals surface area contributed by atoms with Crippen molar-refractivity contribution in [3.63, 3.8) is 0 Å². The summed E-state index contributed by atoms with van der Waals surface area (Å²) in [6.07, 6.45) is 1.27. The minimum absolute atomic E-state index is 0.139. The van der Waals surface area contributed by atoms with Crippen LogP contribution in [-0.2, 0) is 21.9 Å². The SMILES string of the molecule is Cn1cnc(N)c1S(=O)(=O)NC(C)(C)C(N)=O. The van der Waals surface area contributed by atoms with Crippen LogP contribution in [0.4, 0.5) is 5.82 Å². The lowest BCUT2D eigenvalue weighted by atomic mass is 10.1. The number of carbonyl (C=O) groups excluding carboxylic acids is 1. The van der Waals surface area contributed by atoms with Crippen LogP contribution in [0.2, 0.25) is 0 Å². The molecule has 17 heavy (non-hydrogen) atoms. The van der Waals surface area contributed by atoms with Crippen LogP contribution in [0.3, 0.4) is 0 Å². The molecule has 0 aliphatic heterocycles. The van der Waals surface area contributed by atoms with E-state index in [9.17, 15) is 13.2 Å². The second-order valence-electron chi connectivity index (χ2n) is 4.14. The van der Waals surface area contributed by atoms with Crippen LogP contribution in [-0.4, -0.2) is 29.4 Å². The van der Waals surface area contributed by atoms with Gasteiger partial charge in [-0.15, -0.1) is 0 Å². The summed E-state index contributed by atoms with van der Waals surface area (Å²) in [7, 11) is -2.48. The maximum absolute atomic E-state index is 12.0. The Labute approximate surface area is 99.0 Å². The highest BCUT2D eigenvalue weighted by atomic mass is 32.2. The summed E-state index contributed by atoms with van der Waals surface area (Å²) in [5.41, 5.74) is 9.14. The topological polar surface area (TPSA) is 133 Å². The zero-order valence-corrected chi connectivity index (χ0v) is 10.6. The molecule has 0 aromatic carbocycles. The number of nitrogens with two attached hydrogens (primary N) is 2. The van der Waals surface area contributed by atoms with Gasteiger partial charge in [0.2, 0.25) is 5.91 Å². The van der Waals surface area contributed by atoms with Crippen molar-refractivity contribution in [3.05, 3.63) is 6.33 Å². The summed E-state index contributed by atoms with van der Waals surface area (Å²) in [5.74, 6) is -0.929. The van der Waals surface area contributed by atoms with Gasteiger partial charge in [-0.3, -0.25) is 4.79 Å². The molecule has 1 rings (SSSR count). The van der Waals surface area contributed by atoms with Gasteiger partial charge in [-0.05, 0) is 13.8 Å². The molecule has 1 aromatic heterocycles. The third-order valence-electron chi connectivity index (χ3n) is 2.17. The Bertz CT molecular complexity index is 526. The number of hydrogen-bond acceptors (Lipinski definition) is 5. The van der Waals surface area contributed by atoms with E-state index < -0.39 is 21.5 Å². The van der Waals surface area contributed by atoms with Gasteiger partial charge in [0, 0.05) is 7.05 Å². The van der Waals surface area contributed by atoms with Gasteiger partial charge in [-0.1, -0.05) is 0 Å². The molecule has 5 N–H and O–H groups in total. The third-order valence-corrected chi connectivity index (χ3v) is 3.95. The Morgan fingerprint density at radius 3 is 2.41 bits per heavy atom. The fraction of sp³-hybridized carbons (Fsp3) is 0.500. The van der Waals surface area contributed by atoms with E-state index in [1.54, 1.807) is 0 Å². The highest BCUT2D eigenvalue weighted by Gasteiger charge is 2.33. The standard InChI is InChI=1S/C8H15N5O3S/c1-8(2,7(10)14)12-17(15,16)6-5(9)11-4-13(6)3/h4,12H,9H2,1-3H3,(H2,10,14). The van der Waals surface area contributed by atoms with Crippen LogP contribution in [0.25, 0.3) is 0 Å². The molecule has 0 radical (unpaired) electrons. The number of hydrogen-bond donors (Lipinski definition) is 3. The average molecular weight is 261 g/mol. The van der Waals surface area contributed by atoms with E-state index in [-0.39, 0.29) is 10.8 Å². The van der Waals surface area contributed by atoms with Crippen molar-refractivity contribution in [1.29, 1.82) is 0 Å². The number of rotatable bonds is 4. The van der Waals surface area contributed by atoms with Gasteiger partial charge < -0.3 is 16.0 Å². The second kappa shape index (κ2) is 4.00. The van der Waals surface area contributed by atoms with Gasteiger partial charge in [-0.2, -0.15) is 4.72 Å². The monoisotopic (exact) mass is 261 g/mol. The van der Waals surface area contributed by atoms with Crippen molar-refractivity contribution < 1.29 is 13.2 Å². The molecule has 0 saturated carbocycles. The molecule has 1 aromatic rings. The molecule has 0 bridgehead atoms. The lowest BCUT2D eigenvalue weighted by Crippen LogP contribution is -2.53. The van der Waals surface area contributed by atoms with Crippen LogP contribution in [0, 0.1) is 0 Å². The molecule has 0 aliphatic carbocycles. The summed E-state index contributed by atoms with van der Waals surface area (Å²) in [5, 5.41) is -0.202. The van der Waals surface area contributed by atoms with Crippen LogP contribution in [0.1, 0.15) is 13.8 Å². The first-order valence-electron chi connectivity index (χ1n) is 4.68. The van der Waals surface area contributed by atoms with Gasteiger partial charge in [-0.25, -0.2) is 13.4 Å². The van der Waals surface area contributed by atoms with Crippen molar-refractivity contribution in [3.8, 4) is 0 Å². The summed E-state index contributed by atoms with van der Waals surface area (Å²) in [6.45, 7) is 2.72. The number of sulfonamides is 1. The predicted molar refractivity (Wildman–Crippen MR) is 61.2 cm³/mol. The predicted octanol–water partition coefficient (Wildman–Crippen LogP) is -1.46. The molecule has 0 fully saturated rings. The number of nitrogens with zero attached hydrogens (tertiary/aromatic N) is 2. The molecule has 9 heteroatoms. The number of amides is 1. The number of carbonyl (C=O) groups is 1. The normalized spacial score (nSPS) is 12.6. The Kier molecular flexibility index (Phi) is 3.17. The van der Waals surface area contributed by atoms with E-state index in [4.69, 9.17) is 11.5 Å².